The van der Waals surface area contributed by atoms with Crippen molar-refractivity contribution >= 4 is 23.2 Å². The first kappa shape index (κ1) is 16.7. The second kappa shape index (κ2) is 7.65. The second-order valence-corrected chi connectivity index (χ2v) is 6.00. The topological polar surface area (TPSA) is 34.1 Å². The number of pyridine rings is 1. The van der Waals surface area contributed by atoms with Crippen LogP contribution in [-0.2, 0) is 0 Å². The van der Waals surface area contributed by atoms with Gasteiger partial charge in [-0.05, 0) is 49.4 Å². The molecule has 2 aromatic carbocycles. The number of nitrogens with zero attached hydrogens (tertiary/aromatic N) is 1. The van der Waals surface area contributed by atoms with Gasteiger partial charge in [-0.15, -0.1) is 12.4 Å². The summed E-state index contributed by atoms with van der Waals surface area (Å²) in [5, 5.41) is 5.72. The summed E-state index contributed by atoms with van der Waals surface area (Å²) in [6.07, 6.45) is 4.08. The Morgan fingerprint density at radius 1 is 0.917 bits per heavy atom. The third-order valence-corrected chi connectivity index (χ3v) is 4.54. The Kier molecular flexibility index (Phi) is 5.34. The van der Waals surface area contributed by atoms with Crippen LogP contribution in [0.5, 0.6) is 11.6 Å². The SMILES string of the molecule is Cl.c1cnc(Oc2cccc3ccccc23)c(C2CCNCC2)c1. The fraction of sp³-hybridized carbons (Fsp3) is 0.250. The molecule has 124 valence electrons. The highest BCUT2D eigenvalue weighted by atomic mass is 35.5. The fourth-order valence-electron chi connectivity index (χ4n) is 3.32. The first-order valence-corrected chi connectivity index (χ1v) is 8.23. The van der Waals surface area contributed by atoms with Gasteiger partial charge in [0.2, 0.25) is 5.88 Å². The van der Waals surface area contributed by atoms with Gasteiger partial charge < -0.3 is 10.1 Å². The molecule has 0 unspecified atom stereocenters. The highest BCUT2D eigenvalue weighted by Gasteiger charge is 2.20. The van der Waals surface area contributed by atoms with Crippen LogP contribution in [0.25, 0.3) is 10.8 Å². The molecule has 0 bridgehead atoms. The van der Waals surface area contributed by atoms with Gasteiger partial charge in [-0.25, -0.2) is 4.98 Å². The molecule has 0 saturated carbocycles. The minimum absolute atomic E-state index is 0. The van der Waals surface area contributed by atoms with E-state index in [9.17, 15) is 0 Å². The Labute approximate surface area is 148 Å². The molecule has 1 fully saturated rings. The summed E-state index contributed by atoms with van der Waals surface area (Å²) in [5.41, 5.74) is 1.22. The molecule has 1 N–H and O–H groups in total. The van der Waals surface area contributed by atoms with Crippen LogP contribution >= 0.6 is 12.4 Å². The van der Waals surface area contributed by atoms with Crippen molar-refractivity contribution in [3.8, 4) is 11.6 Å². The van der Waals surface area contributed by atoms with Gasteiger partial charge >= 0.3 is 0 Å². The number of rotatable bonds is 3. The lowest BCUT2D eigenvalue weighted by Crippen LogP contribution is -2.26. The lowest BCUT2D eigenvalue weighted by Gasteiger charge is -2.24. The van der Waals surface area contributed by atoms with Gasteiger partial charge in [0.05, 0.1) is 0 Å². The third-order valence-electron chi connectivity index (χ3n) is 4.54. The first-order chi connectivity index (χ1) is 11.4. The molecule has 3 nitrogen and oxygen atoms in total. The largest absolute Gasteiger partial charge is 0.438 e. The molecule has 3 aromatic rings. The zero-order valence-electron chi connectivity index (χ0n) is 13.4. The van der Waals surface area contributed by atoms with Gasteiger partial charge in [0.1, 0.15) is 5.75 Å². The number of ether oxygens (including phenoxy) is 1. The van der Waals surface area contributed by atoms with Crippen molar-refractivity contribution in [2.45, 2.75) is 18.8 Å². The molecular weight excluding hydrogens is 320 g/mol. The van der Waals surface area contributed by atoms with E-state index in [1.54, 1.807) is 0 Å². The Balaban J connectivity index is 0.00000169. The lowest BCUT2D eigenvalue weighted by molar-refractivity contribution is 0.421. The maximum absolute atomic E-state index is 6.24. The van der Waals surface area contributed by atoms with E-state index in [0.717, 1.165) is 42.9 Å². The zero-order valence-corrected chi connectivity index (χ0v) is 14.3. The average Bonchev–Trinajstić information content (AvgIpc) is 2.63. The van der Waals surface area contributed by atoms with E-state index in [1.165, 1.54) is 10.9 Å². The summed E-state index contributed by atoms with van der Waals surface area (Å²) in [5.74, 6) is 2.14. The molecule has 1 aromatic heterocycles. The highest BCUT2D eigenvalue weighted by molar-refractivity contribution is 5.88. The summed E-state index contributed by atoms with van der Waals surface area (Å²) in [6.45, 7) is 2.13. The fourth-order valence-corrected chi connectivity index (χ4v) is 3.32. The number of fused-ring (bicyclic) bond motifs is 1. The second-order valence-electron chi connectivity index (χ2n) is 6.00. The van der Waals surface area contributed by atoms with E-state index < -0.39 is 0 Å². The predicted octanol–water partition coefficient (Wildman–Crippen LogP) is 4.92. The normalized spacial score (nSPS) is 15.0. The van der Waals surface area contributed by atoms with Crippen molar-refractivity contribution in [2.75, 3.05) is 13.1 Å². The summed E-state index contributed by atoms with van der Waals surface area (Å²) >= 11 is 0. The number of piperidine rings is 1. The summed E-state index contributed by atoms with van der Waals surface area (Å²) in [7, 11) is 0. The summed E-state index contributed by atoms with van der Waals surface area (Å²) in [6, 6.07) is 18.6. The third kappa shape index (κ3) is 3.37. The molecule has 1 aliphatic heterocycles. The molecule has 0 atom stereocenters. The smallest absolute Gasteiger partial charge is 0.222 e. The van der Waals surface area contributed by atoms with Crippen LogP contribution in [0.4, 0.5) is 0 Å². The quantitative estimate of drug-likeness (QED) is 0.735. The van der Waals surface area contributed by atoms with E-state index >= 15 is 0 Å². The van der Waals surface area contributed by atoms with E-state index in [2.05, 4.69) is 34.6 Å². The van der Waals surface area contributed by atoms with E-state index in [-0.39, 0.29) is 12.4 Å². The van der Waals surface area contributed by atoms with Crippen LogP contribution in [0, 0.1) is 0 Å². The van der Waals surface area contributed by atoms with E-state index in [1.807, 2.05) is 36.5 Å². The van der Waals surface area contributed by atoms with Crippen molar-refractivity contribution in [2.24, 2.45) is 0 Å². The molecule has 4 rings (SSSR count). The van der Waals surface area contributed by atoms with Gasteiger partial charge in [-0.1, -0.05) is 42.5 Å². The number of hydrogen-bond acceptors (Lipinski definition) is 3. The van der Waals surface area contributed by atoms with Crippen LogP contribution in [-0.4, -0.2) is 18.1 Å². The Morgan fingerprint density at radius 2 is 1.71 bits per heavy atom. The molecule has 4 heteroatoms. The number of halogens is 1. The van der Waals surface area contributed by atoms with Crippen LogP contribution in [0.15, 0.2) is 60.8 Å². The monoisotopic (exact) mass is 340 g/mol. The number of benzene rings is 2. The van der Waals surface area contributed by atoms with Crippen LogP contribution in [0.2, 0.25) is 0 Å². The standard InChI is InChI=1S/C20H20N2O.ClH/c1-2-7-17-15(5-1)6-3-9-19(17)23-20-18(8-4-12-22-20)16-10-13-21-14-11-16;/h1-9,12,16,21H,10-11,13-14H2;1H. The maximum atomic E-state index is 6.24. The van der Waals surface area contributed by atoms with Gasteiger partial charge in [-0.2, -0.15) is 0 Å². The van der Waals surface area contributed by atoms with Crippen LogP contribution < -0.4 is 10.1 Å². The van der Waals surface area contributed by atoms with Gasteiger partial charge in [0, 0.05) is 17.1 Å². The molecule has 0 aliphatic carbocycles. The number of hydrogen-bond donors (Lipinski definition) is 1. The lowest BCUT2D eigenvalue weighted by atomic mass is 9.91. The molecular formula is C20H21ClN2O. The van der Waals surface area contributed by atoms with Gasteiger partial charge in [-0.3, -0.25) is 0 Å². The highest BCUT2D eigenvalue weighted by Crippen LogP contribution is 2.35. The van der Waals surface area contributed by atoms with Gasteiger partial charge in [0.15, 0.2) is 0 Å². The Hall–Kier alpha value is -2.10. The van der Waals surface area contributed by atoms with Crippen molar-refractivity contribution in [3.05, 3.63) is 66.4 Å². The number of nitrogens with one attached hydrogen (secondary N) is 1. The zero-order chi connectivity index (χ0) is 15.5. The molecule has 0 spiro atoms. The molecule has 1 aliphatic rings. The van der Waals surface area contributed by atoms with Crippen molar-refractivity contribution < 1.29 is 4.74 Å². The van der Waals surface area contributed by atoms with E-state index in [0.29, 0.717) is 5.92 Å². The van der Waals surface area contributed by atoms with Gasteiger partial charge in [0.25, 0.3) is 0 Å². The minimum Gasteiger partial charge on any atom is -0.438 e. The molecule has 1 saturated heterocycles. The number of aromatic nitrogens is 1. The Morgan fingerprint density at radius 3 is 2.58 bits per heavy atom. The van der Waals surface area contributed by atoms with Crippen LogP contribution in [0.3, 0.4) is 0 Å². The maximum Gasteiger partial charge on any atom is 0.222 e. The van der Waals surface area contributed by atoms with Crippen molar-refractivity contribution in [3.63, 3.8) is 0 Å². The van der Waals surface area contributed by atoms with Crippen LogP contribution in [0.1, 0.15) is 24.3 Å². The predicted molar refractivity (Wildman–Crippen MR) is 100 cm³/mol. The van der Waals surface area contributed by atoms with E-state index in [4.69, 9.17) is 4.74 Å². The summed E-state index contributed by atoms with van der Waals surface area (Å²) in [4.78, 5) is 4.51. The molecule has 0 amide bonds. The molecule has 0 radical (unpaired) electrons. The van der Waals surface area contributed by atoms with Crippen molar-refractivity contribution in [1.29, 1.82) is 0 Å². The molecule has 24 heavy (non-hydrogen) atoms. The summed E-state index contributed by atoms with van der Waals surface area (Å²) < 4.78 is 6.24. The first-order valence-electron chi connectivity index (χ1n) is 8.23. The minimum atomic E-state index is 0. The van der Waals surface area contributed by atoms with Crippen molar-refractivity contribution in [1.82, 2.24) is 10.3 Å². The molecule has 2 heterocycles. The average molecular weight is 341 g/mol. The Bertz CT molecular complexity index is 810.